The predicted molar refractivity (Wildman–Crippen MR) is 219 cm³/mol. The third kappa shape index (κ3) is 4.70. The molecule has 2 heterocycles. The van der Waals surface area contributed by atoms with Gasteiger partial charge in [0.2, 0.25) is 0 Å². The summed E-state index contributed by atoms with van der Waals surface area (Å²) in [4.78, 5) is 2.44. The maximum absolute atomic E-state index is 6.61. The number of rotatable bonds is 5. The molecule has 0 spiro atoms. The quantitative estimate of drug-likeness (QED) is 0.170. The lowest BCUT2D eigenvalue weighted by atomic mass is 9.99. The van der Waals surface area contributed by atoms with Crippen LogP contribution in [-0.4, -0.2) is 8.07 Å². The maximum atomic E-state index is 6.61. The molecule has 0 saturated carbocycles. The number of anilines is 3. The molecule has 0 N–H and O–H groups in total. The highest BCUT2D eigenvalue weighted by Crippen LogP contribution is 2.44. The summed E-state index contributed by atoms with van der Waals surface area (Å²) in [5.74, 6) is 0. The summed E-state index contributed by atoms with van der Waals surface area (Å²) in [5, 5.41) is 7.76. The lowest BCUT2D eigenvalue weighted by Gasteiger charge is -2.29. The number of benzene rings is 8. The molecule has 8 aromatic carbocycles. The number of hydrogen-bond acceptors (Lipinski definition) is 2. The van der Waals surface area contributed by atoms with Crippen LogP contribution in [0.4, 0.5) is 17.1 Å². The first-order chi connectivity index (χ1) is 25.0. The summed E-state index contributed by atoms with van der Waals surface area (Å²) >= 11 is 0. The van der Waals surface area contributed by atoms with Gasteiger partial charge in [-0.05, 0) is 85.9 Å². The van der Waals surface area contributed by atoms with E-state index in [0.717, 1.165) is 28.2 Å². The average Bonchev–Trinajstić information content (AvgIpc) is 3.67. The SMILES string of the molecule is C[Si]1(C)c2cc(N(c3ccc(-c4ccc5ccccc5c4)cc3)c3ccccc3-c3ccccc3)ccc2-c2c1ccc1c2oc2ccccc21. The first kappa shape index (κ1) is 29.7. The van der Waals surface area contributed by atoms with Crippen LogP contribution in [0.3, 0.4) is 0 Å². The fourth-order valence-corrected chi connectivity index (χ4v) is 11.3. The number of nitrogens with zero attached hydrogens (tertiary/aromatic N) is 1. The van der Waals surface area contributed by atoms with Crippen molar-refractivity contribution in [1.29, 1.82) is 0 Å². The normalized spacial score (nSPS) is 13.1. The van der Waals surface area contributed by atoms with Crippen molar-refractivity contribution in [2.24, 2.45) is 0 Å². The fourth-order valence-electron chi connectivity index (χ4n) is 8.26. The number of para-hydroxylation sites is 2. The van der Waals surface area contributed by atoms with E-state index in [2.05, 4.69) is 194 Å². The van der Waals surface area contributed by atoms with Gasteiger partial charge in [-0.1, -0.05) is 147 Å². The van der Waals surface area contributed by atoms with E-state index in [1.807, 2.05) is 0 Å². The molecule has 1 aliphatic heterocycles. The Labute approximate surface area is 298 Å². The van der Waals surface area contributed by atoms with Crippen molar-refractivity contribution in [3.63, 3.8) is 0 Å². The molecule has 0 unspecified atom stereocenters. The monoisotopic (exact) mass is 669 g/mol. The molecular weight excluding hydrogens is 635 g/mol. The molecule has 9 aromatic rings. The van der Waals surface area contributed by atoms with Gasteiger partial charge >= 0.3 is 0 Å². The molecule has 0 aliphatic carbocycles. The van der Waals surface area contributed by atoms with Crippen molar-refractivity contribution in [3.8, 4) is 33.4 Å². The lowest BCUT2D eigenvalue weighted by molar-refractivity contribution is 0.670. The molecular formula is C48H35NOSi. The Morgan fingerprint density at radius 1 is 0.451 bits per heavy atom. The zero-order chi connectivity index (χ0) is 34.1. The van der Waals surface area contributed by atoms with Crippen LogP contribution in [0.5, 0.6) is 0 Å². The predicted octanol–water partition coefficient (Wildman–Crippen LogP) is 12.3. The number of fused-ring (bicyclic) bond motifs is 8. The van der Waals surface area contributed by atoms with Gasteiger partial charge < -0.3 is 9.32 Å². The van der Waals surface area contributed by atoms with Crippen molar-refractivity contribution < 1.29 is 4.42 Å². The van der Waals surface area contributed by atoms with Crippen molar-refractivity contribution >= 4 is 68.2 Å². The van der Waals surface area contributed by atoms with Crippen LogP contribution in [0.1, 0.15) is 0 Å². The molecule has 0 atom stereocenters. The molecule has 1 aromatic heterocycles. The van der Waals surface area contributed by atoms with Gasteiger partial charge in [0.25, 0.3) is 0 Å². The van der Waals surface area contributed by atoms with Crippen molar-refractivity contribution in [3.05, 3.63) is 176 Å². The Hall–Kier alpha value is -6.16. The minimum atomic E-state index is -2.07. The van der Waals surface area contributed by atoms with Crippen LogP contribution in [0.25, 0.3) is 66.1 Å². The highest BCUT2D eigenvalue weighted by atomic mass is 28.3. The van der Waals surface area contributed by atoms with Crippen LogP contribution >= 0.6 is 0 Å². The van der Waals surface area contributed by atoms with Crippen LogP contribution in [0.15, 0.2) is 180 Å². The maximum Gasteiger partial charge on any atom is 0.143 e. The first-order valence-electron chi connectivity index (χ1n) is 17.7. The summed E-state index contributed by atoms with van der Waals surface area (Å²) in [6.07, 6.45) is 0. The van der Waals surface area contributed by atoms with E-state index in [9.17, 15) is 0 Å². The van der Waals surface area contributed by atoms with Crippen LogP contribution < -0.4 is 15.3 Å². The minimum absolute atomic E-state index is 0.946. The zero-order valence-corrected chi connectivity index (χ0v) is 29.6. The highest BCUT2D eigenvalue weighted by Gasteiger charge is 2.40. The second-order valence-corrected chi connectivity index (χ2v) is 18.5. The average molecular weight is 670 g/mol. The summed E-state index contributed by atoms with van der Waals surface area (Å²) in [5.41, 5.74) is 12.8. The molecule has 3 heteroatoms. The standard InChI is InChI=1S/C48H35NOSi/c1-51(2)45-29-28-41-40-17-9-11-19-44(40)50-48(41)47(45)42-27-26-38(31-46(42)51)49(43-18-10-8-16-39(43)34-13-4-3-5-14-34)37-24-22-33(23-25-37)36-21-20-32-12-6-7-15-35(32)30-36/h3-31H,1-2H3. The van der Waals surface area contributed by atoms with E-state index in [1.165, 1.54) is 65.3 Å². The molecule has 0 saturated heterocycles. The summed E-state index contributed by atoms with van der Waals surface area (Å²) < 4.78 is 6.61. The van der Waals surface area contributed by atoms with Crippen LogP contribution in [-0.2, 0) is 0 Å². The molecule has 2 nitrogen and oxygen atoms in total. The van der Waals surface area contributed by atoms with Gasteiger partial charge in [-0.2, -0.15) is 0 Å². The van der Waals surface area contributed by atoms with Crippen LogP contribution in [0, 0.1) is 0 Å². The van der Waals surface area contributed by atoms with Gasteiger partial charge in [0.05, 0.1) is 5.69 Å². The first-order valence-corrected chi connectivity index (χ1v) is 20.7. The van der Waals surface area contributed by atoms with E-state index in [0.29, 0.717) is 0 Å². The molecule has 0 fully saturated rings. The Morgan fingerprint density at radius 2 is 1.16 bits per heavy atom. The molecule has 242 valence electrons. The second-order valence-electron chi connectivity index (χ2n) is 14.1. The Kier molecular flexibility index (Phi) is 6.67. The van der Waals surface area contributed by atoms with Crippen molar-refractivity contribution in [2.45, 2.75) is 13.1 Å². The molecule has 51 heavy (non-hydrogen) atoms. The largest absolute Gasteiger partial charge is 0.455 e. The molecule has 0 amide bonds. The summed E-state index contributed by atoms with van der Waals surface area (Å²) in [6, 6.07) is 64.0. The topological polar surface area (TPSA) is 16.4 Å². The van der Waals surface area contributed by atoms with E-state index in [-0.39, 0.29) is 0 Å². The molecule has 0 radical (unpaired) electrons. The molecule has 10 rings (SSSR count). The van der Waals surface area contributed by atoms with Crippen molar-refractivity contribution in [2.75, 3.05) is 4.90 Å². The van der Waals surface area contributed by atoms with E-state index >= 15 is 0 Å². The molecule has 0 bridgehead atoms. The Morgan fingerprint density at radius 3 is 2.02 bits per heavy atom. The number of hydrogen-bond donors (Lipinski definition) is 0. The van der Waals surface area contributed by atoms with E-state index < -0.39 is 8.07 Å². The van der Waals surface area contributed by atoms with Gasteiger partial charge in [0, 0.05) is 33.3 Å². The van der Waals surface area contributed by atoms with E-state index in [1.54, 1.807) is 0 Å². The second kappa shape index (κ2) is 11.4. The van der Waals surface area contributed by atoms with Gasteiger partial charge in [-0.25, -0.2) is 0 Å². The fraction of sp³-hybridized carbons (Fsp3) is 0.0417. The van der Waals surface area contributed by atoms with E-state index in [4.69, 9.17) is 4.42 Å². The van der Waals surface area contributed by atoms with Gasteiger partial charge in [-0.15, -0.1) is 0 Å². The Balaban J connectivity index is 1.15. The summed E-state index contributed by atoms with van der Waals surface area (Å²) in [6.45, 7) is 4.97. The highest BCUT2D eigenvalue weighted by molar-refractivity contribution is 7.04. The Bertz CT molecular complexity index is 2780. The smallest absolute Gasteiger partial charge is 0.143 e. The minimum Gasteiger partial charge on any atom is -0.455 e. The van der Waals surface area contributed by atoms with Crippen molar-refractivity contribution in [1.82, 2.24) is 0 Å². The zero-order valence-electron chi connectivity index (χ0n) is 28.6. The van der Waals surface area contributed by atoms with Gasteiger partial charge in [-0.3, -0.25) is 0 Å². The number of furan rings is 1. The van der Waals surface area contributed by atoms with Gasteiger partial charge in [0.1, 0.15) is 19.2 Å². The third-order valence-electron chi connectivity index (χ3n) is 10.9. The summed E-state index contributed by atoms with van der Waals surface area (Å²) in [7, 11) is -2.07. The lowest BCUT2D eigenvalue weighted by Crippen LogP contribution is -2.49. The molecule has 1 aliphatic rings. The van der Waals surface area contributed by atoms with Gasteiger partial charge in [0.15, 0.2) is 0 Å². The third-order valence-corrected chi connectivity index (χ3v) is 14.4. The van der Waals surface area contributed by atoms with Crippen LogP contribution in [0.2, 0.25) is 13.1 Å².